The zero-order valence-corrected chi connectivity index (χ0v) is 11.0. The van der Waals surface area contributed by atoms with Crippen LogP contribution in [0.1, 0.15) is 24.8 Å². The number of hydrogen-bond donors (Lipinski definition) is 0. The van der Waals surface area contributed by atoms with E-state index in [1.165, 1.54) is 35.6 Å². The van der Waals surface area contributed by atoms with Crippen molar-refractivity contribution in [1.29, 1.82) is 0 Å². The van der Waals surface area contributed by atoms with E-state index in [4.69, 9.17) is 4.98 Å². The van der Waals surface area contributed by atoms with Gasteiger partial charge in [-0.1, -0.05) is 19.1 Å². The van der Waals surface area contributed by atoms with Crippen molar-refractivity contribution in [2.24, 2.45) is 5.92 Å². The molecule has 0 radical (unpaired) electrons. The molecular weight excluding hydrogens is 228 g/mol. The Morgan fingerprint density at radius 3 is 2.82 bits per heavy atom. The Labute approximate surface area is 106 Å². The minimum Gasteiger partial charge on any atom is -0.297 e. The predicted molar refractivity (Wildman–Crippen MR) is 73.3 cm³/mol. The zero-order valence-electron chi connectivity index (χ0n) is 10.2. The zero-order chi connectivity index (χ0) is 11.7. The Bertz CT molecular complexity index is 465. The molecular formula is C14H18N2S. The molecule has 1 aromatic heterocycles. The molecule has 0 bridgehead atoms. The van der Waals surface area contributed by atoms with E-state index in [1.54, 1.807) is 0 Å². The molecule has 0 spiro atoms. The number of thiazole rings is 1. The van der Waals surface area contributed by atoms with Crippen molar-refractivity contribution in [3.8, 4) is 0 Å². The molecule has 2 nitrogen and oxygen atoms in total. The van der Waals surface area contributed by atoms with Gasteiger partial charge in [0.2, 0.25) is 0 Å². The first kappa shape index (κ1) is 11.2. The molecule has 2 aromatic rings. The van der Waals surface area contributed by atoms with Gasteiger partial charge in [0.1, 0.15) is 5.01 Å². The van der Waals surface area contributed by atoms with Crippen LogP contribution in [0.4, 0.5) is 0 Å². The van der Waals surface area contributed by atoms with Gasteiger partial charge in [-0.15, -0.1) is 11.3 Å². The number of para-hydroxylation sites is 1. The van der Waals surface area contributed by atoms with E-state index >= 15 is 0 Å². The molecule has 0 N–H and O–H groups in total. The summed E-state index contributed by atoms with van der Waals surface area (Å²) in [6, 6.07) is 8.42. The largest absolute Gasteiger partial charge is 0.297 e. The van der Waals surface area contributed by atoms with Crippen LogP contribution in [-0.4, -0.2) is 23.0 Å². The van der Waals surface area contributed by atoms with Gasteiger partial charge >= 0.3 is 0 Å². The van der Waals surface area contributed by atoms with Gasteiger partial charge in [0.15, 0.2) is 0 Å². The van der Waals surface area contributed by atoms with Gasteiger partial charge in [-0.25, -0.2) is 4.98 Å². The van der Waals surface area contributed by atoms with Crippen molar-refractivity contribution in [3.63, 3.8) is 0 Å². The fourth-order valence-corrected chi connectivity index (χ4v) is 3.41. The lowest BCUT2D eigenvalue weighted by molar-refractivity contribution is 0.185. The summed E-state index contributed by atoms with van der Waals surface area (Å²) in [5.41, 5.74) is 1.15. The van der Waals surface area contributed by atoms with Gasteiger partial charge in [-0.2, -0.15) is 0 Å². The van der Waals surface area contributed by atoms with Crippen LogP contribution in [0.15, 0.2) is 24.3 Å². The van der Waals surface area contributed by atoms with Gasteiger partial charge < -0.3 is 0 Å². The van der Waals surface area contributed by atoms with E-state index < -0.39 is 0 Å². The highest BCUT2D eigenvalue weighted by molar-refractivity contribution is 7.18. The molecule has 2 heterocycles. The second-order valence-electron chi connectivity index (χ2n) is 5.03. The minimum atomic E-state index is 0.904. The third kappa shape index (κ3) is 2.50. The van der Waals surface area contributed by atoms with Crippen LogP contribution in [0.5, 0.6) is 0 Å². The summed E-state index contributed by atoms with van der Waals surface area (Å²) in [7, 11) is 0. The summed E-state index contributed by atoms with van der Waals surface area (Å²) < 4.78 is 1.31. The average molecular weight is 246 g/mol. The maximum Gasteiger partial charge on any atom is 0.108 e. The van der Waals surface area contributed by atoms with Gasteiger partial charge in [-0.3, -0.25) is 4.90 Å². The Morgan fingerprint density at radius 1 is 1.29 bits per heavy atom. The Balaban J connectivity index is 1.72. The molecule has 3 rings (SSSR count). The number of hydrogen-bond acceptors (Lipinski definition) is 3. The second kappa shape index (κ2) is 4.75. The van der Waals surface area contributed by atoms with E-state index in [-0.39, 0.29) is 0 Å². The normalized spacial score (nSPS) is 18.9. The van der Waals surface area contributed by atoms with Crippen LogP contribution >= 0.6 is 11.3 Å². The van der Waals surface area contributed by atoms with Gasteiger partial charge in [0.05, 0.1) is 16.8 Å². The number of aromatic nitrogens is 1. The topological polar surface area (TPSA) is 16.1 Å². The Kier molecular flexibility index (Phi) is 3.12. The number of piperidine rings is 1. The standard InChI is InChI=1S/C14H18N2S/c1-11-6-8-16(9-7-11)10-14-15-12-4-2-3-5-13(12)17-14/h2-5,11H,6-10H2,1H3. The maximum atomic E-state index is 4.70. The highest BCUT2D eigenvalue weighted by Gasteiger charge is 2.16. The van der Waals surface area contributed by atoms with Crippen LogP contribution in [0, 0.1) is 5.92 Å². The van der Waals surface area contributed by atoms with Crippen molar-refractivity contribution in [2.75, 3.05) is 13.1 Å². The van der Waals surface area contributed by atoms with Crippen molar-refractivity contribution < 1.29 is 0 Å². The van der Waals surface area contributed by atoms with Crippen LogP contribution in [0.2, 0.25) is 0 Å². The van der Waals surface area contributed by atoms with E-state index in [1.807, 2.05) is 11.3 Å². The molecule has 3 heteroatoms. The Hall–Kier alpha value is -0.930. The molecule has 0 unspecified atom stereocenters. The molecule has 0 amide bonds. The quantitative estimate of drug-likeness (QED) is 0.806. The van der Waals surface area contributed by atoms with Crippen LogP contribution < -0.4 is 0 Å². The van der Waals surface area contributed by atoms with Crippen molar-refractivity contribution in [1.82, 2.24) is 9.88 Å². The van der Waals surface area contributed by atoms with E-state index in [9.17, 15) is 0 Å². The summed E-state index contributed by atoms with van der Waals surface area (Å²) in [5, 5.41) is 1.26. The second-order valence-corrected chi connectivity index (χ2v) is 6.15. The summed E-state index contributed by atoms with van der Waals surface area (Å²) >= 11 is 1.84. The highest BCUT2D eigenvalue weighted by atomic mass is 32.1. The van der Waals surface area contributed by atoms with Crippen molar-refractivity contribution in [3.05, 3.63) is 29.3 Å². The predicted octanol–water partition coefficient (Wildman–Crippen LogP) is 3.53. The van der Waals surface area contributed by atoms with E-state index in [2.05, 4.69) is 36.1 Å². The average Bonchev–Trinajstić information content (AvgIpc) is 2.74. The van der Waals surface area contributed by atoms with E-state index in [0.717, 1.165) is 18.0 Å². The molecule has 17 heavy (non-hydrogen) atoms. The lowest BCUT2D eigenvalue weighted by Gasteiger charge is -2.29. The smallest absolute Gasteiger partial charge is 0.108 e. The molecule has 1 fully saturated rings. The molecule has 0 aliphatic carbocycles. The highest BCUT2D eigenvalue weighted by Crippen LogP contribution is 2.24. The lowest BCUT2D eigenvalue weighted by Crippen LogP contribution is -2.32. The first-order valence-electron chi connectivity index (χ1n) is 6.38. The third-order valence-corrected chi connectivity index (χ3v) is 4.59. The summed E-state index contributed by atoms with van der Waals surface area (Å²) in [6.45, 7) is 5.86. The molecule has 90 valence electrons. The molecule has 1 aromatic carbocycles. The SMILES string of the molecule is CC1CCN(Cc2nc3ccccc3s2)CC1. The Morgan fingerprint density at radius 2 is 2.06 bits per heavy atom. The van der Waals surface area contributed by atoms with E-state index in [0.29, 0.717) is 0 Å². The summed E-state index contributed by atoms with van der Waals surface area (Å²) in [4.78, 5) is 7.24. The minimum absolute atomic E-state index is 0.904. The first-order valence-corrected chi connectivity index (χ1v) is 7.20. The fourth-order valence-electron chi connectivity index (χ4n) is 2.40. The first-order chi connectivity index (χ1) is 8.31. The van der Waals surface area contributed by atoms with Crippen molar-refractivity contribution in [2.45, 2.75) is 26.3 Å². The van der Waals surface area contributed by atoms with Crippen molar-refractivity contribution >= 4 is 21.6 Å². The third-order valence-electron chi connectivity index (χ3n) is 3.57. The van der Waals surface area contributed by atoms with Crippen LogP contribution in [-0.2, 0) is 6.54 Å². The maximum absolute atomic E-state index is 4.70. The lowest BCUT2D eigenvalue weighted by atomic mass is 9.99. The molecule has 1 saturated heterocycles. The molecule has 0 saturated carbocycles. The molecule has 0 atom stereocenters. The van der Waals surface area contributed by atoms with Crippen LogP contribution in [0.25, 0.3) is 10.2 Å². The number of benzene rings is 1. The summed E-state index contributed by atoms with van der Waals surface area (Å²) in [5.74, 6) is 0.904. The summed E-state index contributed by atoms with van der Waals surface area (Å²) in [6.07, 6.45) is 2.68. The number of nitrogens with zero attached hydrogens (tertiary/aromatic N) is 2. The number of likely N-dealkylation sites (tertiary alicyclic amines) is 1. The molecule has 1 aliphatic heterocycles. The van der Waals surface area contributed by atoms with Gasteiger partial charge in [-0.05, 0) is 44.0 Å². The van der Waals surface area contributed by atoms with Gasteiger partial charge in [0, 0.05) is 0 Å². The number of rotatable bonds is 2. The van der Waals surface area contributed by atoms with Gasteiger partial charge in [0.25, 0.3) is 0 Å². The fraction of sp³-hybridized carbons (Fsp3) is 0.500. The number of fused-ring (bicyclic) bond motifs is 1. The monoisotopic (exact) mass is 246 g/mol. The van der Waals surface area contributed by atoms with Crippen LogP contribution in [0.3, 0.4) is 0 Å². The molecule has 1 aliphatic rings.